The van der Waals surface area contributed by atoms with E-state index < -0.39 is 23.8 Å². The molecule has 52 heavy (non-hydrogen) atoms. The van der Waals surface area contributed by atoms with Crippen molar-refractivity contribution in [1.29, 1.82) is 0 Å². The standard InChI is InChI=1S/C48H56P3.Fe/c1-35(2)49(36(3)4)43-32-31-42(47(8,9)10)45(43)48(51(40-27-19-13-20-28-40)41-29-21-14-22-30-41)34-37(46(5,6)7)33-44(48)50(38-23-15-11-16-24-38)39-25-17-12-18-26-39;/h11-36H,1-10H3;/q-1;. The maximum atomic E-state index is 2.80. The summed E-state index contributed by atoms with van der Waals surface area (Å²) in [4.78, 5) is 0. The Kier molecular flexibility index (Phi) is 12.9. The molecule has 0 spiro atoms. The maximum Gasteiger partial charge on any atom is 0.0459 e. The Balaban J connectivity index is 0.00000523. The summed E-state index contributed by atoms with van der Waals surface area (Å²) >= 11 is 0. The second-order valence-electron chi connectivity index (χ2n) is 16.5. The zero-order valence-electron chi connectivity index (χ0n) is 32.7. The smallest absolute Gasteiger partial charge is 0.0459 e. The number of rotatable bonds is 10. The zero-order chi connectivity index (χ0) is 36.6. The number of allylic oxidation sites excluding steroid dienone is 4. The van der Waals surface area contributed by atoms with Gasteiger partial charge in [0.25, 0.3) is 0 Å². The molecule has 5 aromatic rings. The molecule has 4 heteroatoms. The molecule has 6 rings (SSSR count). The summed E-state index contributed by atoms with van der Waals surface area (Å²) in [6, 6.07) is 51.0. The summed E-state index contributed by atoms with van der Waals surface area (Å²) in [7, 11) is -2.34. The minimum atomic E-state index is -0.974. The molecule has 272 valence electrons. The molecule has 1 aliphatic rings. The summed E-state index contributed by atoms with van der Waals surface area (Å²) in [5.74, 6) is 0. The predicted molar refractivity (Wildman–Crippen MR) is 233 cm³/mol. The van der Waals surface area contributed by atoms with Gasteiger partial charge in [0.2, 0.25) is 0 Å². The van der Waals surface area contributed by atoms with Crippen LogP contribution >= 0.6 is 23.8 Å². The normalized spacial score (nSPS) is 16.5. The van der Waals surface area contributed by atoms with Gasteiger partial charge < -0.3 is 0 Å². The van der Waals surface area contributed by atoms with E-state index in [0.29, 0.717) is 11.3 Å². The summed E-state index contributed by atoms with van der Waals surface area (Å²) in [6.45, 7) is 24.4. The Morgan fingerprint density at radius 1 is 0.538 bits per heavy atom. The van der Waals surface area contributed by atoms with Crippen LogP contribution in [-0.2, 0) is 27.6 Å². The average molecular weight is 782 g/mol. The van der Waals surface area contributed by atoms with Crippen molar-refractivity contribution < 1.29 is 17.1 Å². The van der Waals surface area contributed by atoms with E-state index in [1.54, 1.807) is 16.2 Å². The van der Waals surface area contributed by atoms with Crippen molar-refractivity contribution >= 4 is 50.3 Å². The van der Waals surface area contributed by atoms with Crippen molar-refractivity contribution in [3.8, 4) is 0 Å². The third kappa shape index (κ3) is 7.98. The molecule has 5 aromatic carbocycles. The quantitative estimate of drug-likeness (QED) is 0.0752. The van der Waals surface area contributed by atoms with Crippen molar-refractivity contribution in [3.05, 3.63) is 168 Å². The van der Waals surface area contributed by atoms with Crippen molar-refractivity contribution in [2.45, 2.75) is 91.1 Å². The molecule has 0 fully saturated rings. The maximum absolute atomic E-state index is 2.80. The number of benzene rings is 4. The van der Waals surface area contributed by atoms with E-state index in [-0.39, 0.29) is 33.1 Å². The third-order valence-corrected chi connectivity index (χ3v) is 18.9. The van der Waals surface area contributed by atoms with Crippen LogP contribution in [0.3, 0.4) is 0 Å². The van der Waals surface area contributed by atoms with Crippen LogP contribution in [-0.4, -0.2) is 11.3 Å². The van der Waals surface area contributed by atoms with Gasteiger partial charge in [-0.1, -0.05) is 208 Å². The Bertz CT molecular complexity index is 1870. The molecule has 0 saturated carbocycles. The molecule has 0 aromatic heterocycles. The van der Waals surface area contributed by atoms with Gasteiger partial charge in [-0.15, -0.1) is 18.8 Å². The largest absolute Gasteiger partial charge is 0.209 e. The summed E-state index contributed by atoms with van der Waals surface area (Å²) in [5.41, 5.74) is 5.58. The van der Waals surface area contributed by atoms with Crippen LogP contribution in [0, 0.1) is 5.41 Å². The molecule has 0 saturated heterocycles. The van der Waals surface area contributed by atoms with E-state index >= 15 is 0 Å². The minimum Gasteiger partial charge on any atom is -0.209 e. The molecule has 0 bridgehead atoms. The second kappa shape index (κ2) is 16.5. The number of hydrogen-bond acceptors (Lipinski definition) is 0. The zero-order valence-corrected chi connectivity index (χ0v) is 36.5. The predicted octanol–water partition coefficient (Wildman–Crippen LogP) is 12.0. The molecule has 0 heterocycles. The van der Waals surface area contributed by atoms with Gasteiger partial charge >= 0.3 is 0 Å². The molecule has 0 amide bonds. The molecule has 1 atom stereocenters. The third-order valence-electron chi connectivity index (χ3n) is 10.1. The van der Waals surface area contributed by atoms with Gasteiger partial charge in [-0.2, -0.15) is 11.6 Å². The first kappa shape index (κ1) is 40.7. The van der Waals surface area contributed by atoms with Crippen molar-refractivity contribution in [3.63, 3.8) is 0 Å². The topological polar surface area (TPSA) is 0 Å². The fraction of sp³-hybridized carbons (Fsp3) is 0.312. The summed E-state index contributed by atoms with van der Waals surface area (Å²) < 4.78 is 0. The van der Waals surface area contributed by atoms with E-state index in [1.165, 1.54) is 32.4 Å². The Morgan fingerprint density at radius 3 is 1.31 bits per heavy atom. The van der Waals surface area contributed by atoms with Gasteiger partial charge in [-0.25, -0.2) is 6.07 Å². The molecule has 0 N–H and O–H groups in total. The molecule has 0 aliphatic heterocycles. The Morgan fingerprint density at radius 2 is 0.942 bits per heavy atom. The van der Waals surface area contributed by atoms with Crippen LogP contribution < -0.4 is 26.5 Å². The molecule has 1 aliphatic carbocycles. The van der Waals surface area contributed by atoms with Crippen molar-refractivity contribution in [2.75, 3.05) is 0 Å². The summed E-state index contributed by atoms with van der Waals surface area (Å²) in [6.07, 6.45) is 5.49. The molecule has 0 nitrogen and oxygen atoms in total. The number of hydrogen-bond donors (Lipinski definition) is 0. The van der Waals surface area contributed by atoms with E-state index in [2.05, 4.69) is 215 Å². The molecular weight excluding hydrogens is 725 g/mol. The Hall–Kier alpha value is -2.48. The van der Waals surface area contributed by atoms with Crippen molar-refractivity contribution in [2.24, 2.45) is 5.41 Å². The minimum absolute atomic E-state index is 0. The first-order valence-corrected chi connectivity index (χ1v) is 22.8. The summed E-state index contributed by atoms with van der Waals surface area (Å²) in [5, 5.41) is 8.47. The molecule has 0 radical (unpaired) electrons. The van der Waals surface area contributed by atoms with Crippen LogP contribution in [0.1, 0.15) is 80.4 Å². The fourth-order valence-electron chi connectivity index (χ4n) is 7.91. The molecular formula is C48H56FeP3-. The van der Waals surface area contributed by atoms with Crippen LogP contribution in [0.25, 0.3) is 0 Å². The van der Waals surface area contributed by atoms with Gasteiger partial charge in [0, 0.05) is 22.2 Å². The average Bonchev–Trinajstić information content (AvgIpc) is 3.71. The Labute approximate surface area is 329 Å². The second-order valence-corrected chi connectivity index (χ2v) is 24.5. The van der Waals surface area contributed by atoms with E-state index in [1.807, 2.05) is 0 Å². The van der Waals surface area contributed by atoms with Crippen molar-refractivity contribution in [1.82, 2.24) is 0 Å². The van der Waals surface area contributed by atoms with Crippen LogP contribution in [0.2, 0.25) is 0 Å². The van der Waals surface area contributed by atoms with Gasteiger partial charge in [-0.05, 0) is 64.7 Å². The van der Waals surface area contributed by atoms with Gasteiger partial charge in [0.15, 0.2) is 0 Å². The SMILES string of the molecule is CC(C)P([c-]1ccc(C(C)(C)C)c1C1(P(c2ccccc2)c2ccccc2)C=C(C(C)(C)C)C=C1P(c1ccccc1)c1ccccc1)C(C)C.[Fe]. The van der Waals surface area contributed by atoms with Crippen LogP contribution in [0.4, 0.5) is 0 Å². The van der Waals surface area contributed by atoms with Crippen LogP contribution in [0.5, 0.6) is 0 Å². The van der Waals surface area contributed by atoms with E-state index in [4.69, 9.17) is 0 Å². The van der Waals surface area contributed by atoms with Gasteiger partial charge in [-0.3, -0.25) is 0 Å². The first-order chi connectivity index (χ1) is 24.2. The molecule has 1 unspecified atom stereocenters. The van der Waals surface area contributed by atoms with Gasteiger partial charge in [0.05, 0.1) is 0 Å². The van der Waals surface area contributed by atoms with E-state index in [0.717, 1.165) is 0 Å². The fourth-order valence-corrected chi connectivity index (χ4v) is 17.4. The first-order valence-electron chi connectivity index (χ1n) is 18.6. The monoisotopic (exact) mass is 781 g/mol. The van der Waals surface area contributed by atoms with Crippen LogP contribution in [0.15, 0.2) is 156 Å². The van der Waals surface area contributed by atoms with Gasteiger partial charge in [0.1, 0.15) is 0 Å². The van der Waals surface area contributed by atoms with E-state index in [9.17, 15) is 0 Å².